The third-order valence-corrected chi connectivity index (χ3v) is 4.72. The van der Waals surface area contributed by atoms with Crippen molar-refractivity contribution in [3.05, 3.63) is 95.8 Å². The second-order valence-electron chi connectivity index (χ2n) is 7.10. The van der Waals surface area contributed by atoms with Crippen LogP contribution < -0.4 is 15.8 Å². The summed E-state index contributed by atoms with van der Waals surface area (Å²) in [7, 11) is 0. The number of nitrogens with zero attached hydrogens (tertiary/aromatic N) is 2. The Bertz CT molecular complexity index is 897. The molecule has 1 heterocycles. The molecule has 2 aromatic carbocycles. The Morgan fingerprint density at radius 1 is 0.900 bits per heavy atom. The fourth-order valence-corrected chi connectivity index (χ4v) is 3.13. The van der Waals surface area contributed by atoms with Crippen LogP contribution in [0.15, 0.2) is 84.0 Å². The Kier molecular flexibility index (Phi) is 8.74. The molecule has 0 saturated heterocycles. The van der Waals surface area contributed by atoms with E-state index in [2.05, 4.69) is 51.7 Å². The summed E-state index contributed by atoms with van der Waals surface area (Å²) in [5, 5.41) is 3.17. The number of guanidine groups is 1. The number of aryl methyl sites for hydroxylation is 1. The summed E-state index contributed by atoms with van der Waals surface area (Å²) in [6.07, 6.45) is 5.47. The molecule has 0 atom stereocenters. The van der Waals surface area contributed by atoms with Crippen molar-refractivity contribution in [1.82, 2.24) is 10.3 Å². The zero-order valence-corrected chi connectivity index (χ0v) is 17.3. The van der Waals surface area contributed by atoms with Gasteiger partial charge in [0.1, 0.15) is 5.75 Å². The van der Waals surface area contributed by atoms with Gasteiger partial charge in [-0.15, -0.1) is 0 Å². The van der Waals surface area contributed by atoms with E-state index >= 15 is 0 Å². The van der Waals surface area contributed by atoms with Gasteiger partial charge in [-0.2, -0.15) is 0 Å². The summed E-state index contributed by atoms with van der Waals surface area (Å²) in [5.41, 5.74) is 9.54. The molecule has 5 heteroatoms. The van der Waals surface area contributed by atoms with Gasteiger partial charge in [0, 0.05) is 31.4 Å². The van der Waals surface area contributed by atoms with Gasteiger partial charge >= 0.3 is 0 Å². The van der Waals surface area contributed by atoms with Crippen LogP contribution in [-0.2, 0) is 19.3 Å². The largest absolute Gasteiger partial charge is 0.494 e. The standard InChI is InChI=1S/C25H30N4O/c26-25(29-18-15-23-12-4-5-16-27-23)28-17-14-22-10-6-13-24(20-22)30-19-7-11-21-8-2-1-3-9-21/h1-6,8-10,12-13,16,20H,7,11,14-15,17-19H2,(H3,26,28,29). The first kappa shape index (κ1) is 21.4. The van der Waals surface area contributed by atoms with Crippen molar-refractivity contribution in [1.29, 1.82) is 0 Å². The van der Waals surface area contributed by atoms with Gasteiger partial charge < -0.3 is 15.8 Å². The van der Waals surface area contributed by atoms with Gasteiger partial charge in [0.2, 0.25) is 0 Å². The normalized spacial score (nSPS) is 11.3. The average molecular weight is 403 g/mol. The lowest BCUT2D eigenvalue weighted by Crippen LogP contribution is -2.33. The molecule has 0 fully saturated rings. The maximum Gasteiger partial charge on any atom is 0.188 e. The van der Waals surface area contributed by atoms with E-state index in [9.17, 15) is 0 Å². The van der Waals surface area contributed by atoms with Gasteiger partial charge in [-0.3, -0.25) is 9.98 Å². The number of rotatable bonds is 11. The molecule has 5 nitrogen and oxygen atoms in total. The monoisotopic (exact) mass is 402 g/mol. The lowest BCUT2D eigenvalue weighted by Gasteiger charge is -2.09. The van der Waals surface area contributed by atoms with Gasteiger partial charge in [-0.05, 0) is 54.7 Å². The molecular weight excluding hydrogens is 372 g/mol. The van der Waals surface area contributed by atoms with Crippen molar-refractivity contribution >= 4 is 5.96 Å². The van der Waals surface area contributed by atoms with Crippen LogP contribution in [0.25, 0.3) is 0 Å². The predicted octanol–water partition coefficient (Wildman–Crippen LogP) is 3.78. The number of pyridine rings is 1. The Balaban J connectivity index is 1.33. The fraction of sp³-hybridized carbons (Fsp3) is 0.280. The smallest absolute Gasteiger partial charge is 0.188 e. The van der Waals surface area contributed by atoms with E-state index in [4.69, 9.17) is 10.5 Å². The van der Waals surface area contributed by atoms with Crippen LogP contribution in [-0.4, -0.2) is 30.6 Å². The lowest BCUT2D eigenvalue weighted by molar-refractivity contribution is 0.310. The molecule has 0 aliphatic heterocycles. The van der Waals surface area contributed by atoms with Crippen LogP contribution in [0.4, 0.5) is 0 Å². The number of benzene rings is 2. The number of ether oxygens (including phenoxy) is 1. The maximum absolute atomic E-state index is 5.95. The number of hydrogen-bond donors (Lipinski definition) is 2. The van der Waals surface area contributed by atoms with E-state index in [0.717, 1.165) is 43.7 Å². The fourth-order valence-electron chi connectivity index (χ4n) is 3.13. The minimum atomic E-state index is 0.472. The van der Waals surface area contributed by atoms with Gasteiger partial charge in [0.05, 0.1) is 6.61 Å². The Morgan fingerprint density at radius 2 is 1.73 bits per heavy atom. The Labute approximate surface area is 179 Å². The third-order valence-electron chi connectivity index (χ3n) is 4.72. The van der Waals surface area contributed by atoms with Crippen LogP contribution >= 0.6 is 0 Å². The van der Waals surface area contributed by atoms with Crippen LogP contribution in [0.2, 0.25) is 0 Å². The highest BCUT2D eigenvalue weighted by atomic mass is 16.5. The van der Waals surface area contributed by atoms with Crippen molar-refractivity contribution < 1.29 is 4.74 Å². The average Bonchev–Trinajstić information content (AvgIpc) is 2.78. The van der Waals surface area contributed by atoms with Crippen molar-refractivity contribution in [3.63, 3.8) is 0 Å². The van der Waals surface area contributed by atoms with Crippen LogP contribution in [0.3, 0.4) is 0 Å². The van der Waals surface area contributed by atoms with Crippen LogP contribution in [0.1, 0.15) is 23.2 Å². The lowest BCUT2D eigenvalue weighted by atomic mass is 10.1. The molecule has 0 saturated carbocycles. The highest BCUT2D eigenvalue weighted by molar-refractivity contribution is 5.77. The summed E-state index contributed by atoms with van der Waals surface area (Å²) < 4.78 is 5.92. The summed E-state index contributed by atoms with van der Waals surface area (Å²) in [4.78, 5) is 8.65. The molecule has 0 unspecified atom stereocenters. The van der Waals surface area contributed by atoms with E-state index in [-0.39, 0.29) is 0 Å². The first-order chi connectivity index (χ1) is 14.8. The number of hydrogen-bond acceptors (Lipinski definition) is 3. The quantitative estimate of drug-likeness (QED) is 0.291. The van der Waals surface area contributed by atoms with Gasteiger partial charge in [0.25, 0.3) is 0 Å². The van der Waals surface area contributed by atoms with Crippen LogP contribution in [0.5, 0.6) is 5.75 Å². The van der Waals surface area contributed by atoms with E-state index in [1.807, 2.05) is 36.4 Å². The van der Waals surface area contributed by atoms with Crippen molar-refractivity contribution in [2.24, 2.45) is 10.7 Å². The molecule has 0 aliphatic rings. The minimum absolute atomic E-state index is 0.472. The van der Waals surface area contributed by atoms with Crippen molar-refractivity contribution in [3.8, 4) is 5.75 Å². The molecule has 0 amide bonds. The summed E-state index contributed by atoms with van der Waals surface area (Å²) in [6.45, 7) is 2.07. The molecule has 0 aliphatic carbocycles. The number of nitrogens with two attached hydrogens (primary N) is 1. The summed E-state index contributed by atoms with van der Waals surface area (Å²) in [5.74, 6) is 1.39. The molecule has 0 spiro atoms. The summed E-state index contributed by atoms with van der Waals surface area (Å²) in [6, 6.07) is 24.6. The topological polar surface area (TPSA) is 72.5 Å². The predicted molar refractivity (Wildman–Crippen MR) is 123 cm³/mol. The molecule has 1 aromatic heterocycles. The zero-order chi connectivity index (χ0) is 20.9. The molecule has 0 bridgehead atoms. The van der Waals surface area contributed by atoms with E-state index < -0.39 is 0 Å². The first-order valence-corrected chi connectivity index (χ1v) is 10.5. The van der Waals surface area contributed by atoms with Gasteiger partial charge in [0.15, 0.2) is 5.96 Å². The summed E-state index contributed by atoms with van der Waals surface area (Å²) >= 11 is 0. The van der Waals surface area contributed by atoms with E-state index in [1.165, 1.54) is 11.1 Å². The maximum atomic E-state index is 5.95. The molecule has 30 heavy (non-hydrogen) atoms. The Hall–Kier alpha value is -3.34. The Morgan fingerprint density at radius 3 is 2.57 bits per heavy atom. The molecule has 3 N–H and O–H groups in total. The zero-order valence-electron chi connectivity index (χ0n) is 17.3. The van der Waals surface area contributed by atoms with Crippen molar-refractivity contribution in [2.45, 2.75) is 25.7 Å². The SMILES string of the molecule is NC(=NCCc1ccccn1)NCCc1cccc(OCCCc2ccccc2)c1. The second-order valence-corrected chi connectivity index (χ2v) is 7.10. The highest BCUT2D eigenvalue weighted by Gasteiger charge is 2.00. The van der Waals surface area contributed by atoms with Gasteiger partial charge in [-0.25, -0.2) is 0 Å². The molecule has 156 valence electrons. The highest BCUT2D eigenvalue weighted by Crippen LogP contribution is 2.14. The van der Waals surface area contributed by atoms with E-state index in [1.54, 1.807) is 6.20 Å². The minimum Gasteiger partial charge on any atom is -0.494 e. The van der Waals surface area contributed by atoms with Gasteiger partial charge in [-0.1, -0.05) is 48.5 Å². The molecule has 3 aromatic rings. The van der Waals surface area contributed by atoms with Crippen molar-refractivity contribution in [2.75, 3.05) is 19.7 Å². The van der Waals surface area contributed by atoms with Crippen LogP contribution in [0, 0.1) is 0 Å². The number of aromatic nitrogens is 1. The molecular formula is C25H30N4O. The number of nitrogens with one attached hydrogen (secondary N) is 1. The number of aliphatic imine (C=N–C) groups is 1. The molecule has 0 radical (unpaired) electrons. The second kappa shape index (κ2) is 12.3. The van der Waals surface area contributed by atoms with E-state index in [0.29, 0.717) is 19.1 Å². The molecule has 3 rings (SSSR count). The first-order valence-electron chi connectivity index (χ1n) is 10.5. The third kappa shape index (κ3) is 7.95.